The van der Waals surface area contributed by atoms with Gasteiger partial charge in [0.05, 0.1) is 5.84 Å². The molecule has 0 aromatic heterocycles. The highest BCUT2D eigenvalue weighted by Gasteiger charge is 2.32. The number of rotatable bonds is 5. The van der Waals surface area contributed by atoms with Gasteiger partial charge in [0.2, 0.25) is 0 Å². The Hall–Kier alpha value is -0.660. The first-order chi connectivity index (χ1) is 8.25. The summed E-state index contributed by atoms with van der Waals surface area (Å²) in [5.74, 6) is 0.605. The minimum atomic E-state index is -3.42. The van der Waals surface area contributed by atoms with E-state index in [-0.39, 0.29) is 18.3 Å². The van der Waals surface area contributed by atoms with E-state index < -0.39 is 10.2 Å². The Morgan fingerprint density at radius 3 is 2.44 bits per heavy atom. The first kappa shape index (κ1) is 15.4. The van der Waals surface area contributed by atoms with Crippen LogP contribution < -0.4 is 5.73 Å². The fourth-order valence-corrected chi connectivity index (χ4v) is 3.64. The molecule has 1 aliphatic heterocycles. The highest BCUT2D eigenvalue weighted by atomic mass is 32.2. The maximum atomic E-state index is 12.4. The Kier molecular flexibility index (Phi) is 5.12. The number of nitrogens with zero attached hydrogens (tertiary/aromatic N) is 2. The third kappa shape index (κ3) is 3.66. The molecule has 0 saturated carbocycles. The van der Waals surface area contributed by atoms with Gasteiger partial charge in [-0.05, 0) is 25.7 Å². The topological polar surface area (TPSA) is 90.5 Å². The summed E-state index contributed by atoms with van der Waals surface area (Å²) in [6.07, 6.45) is 2.09. The molecule has 1 aliphatic rings. The Labute approximate surface area is 110 Å². The molecule has 3 N–H and O–H groups in total. The number of hydrogen-bond donors (Lipinski definition) is 2. The van der Waals surface area contributed by atoms with Gasteiger partial charge in [-0.15, -0.1) is 0 Å². The molecule has 0 spiro atoms. The normalized spacial score (nSPS) is 21.1. The van der Waals surface area contributed by atoms with Gasteiger partial charge in [-0.3, -0.25) is 5.41 Å². The summed E-state index contributed by atoms with van der Waals surface area (Å²) in [7, 11) is -1.86. The van der Waals surface area contributed by atoms with E-state index in [2.05, 4.69) is 6.92 Å². The minimum absolute atomic E-state index is 0.0109. The number of hydrogen-bond acceptors (Lipinski definition) is 3. The lowest BCUT2D eigenvalue weighted by atomic mass is 10.0. The smallest absolute Gasteiger partial charge is 0.281 e. The average molecular weight is 276 g/mol. The molecule has 0 aromatic rings. The molecule has 0 radical (unpaired) electrons. The Bertz CT molecular complexity index is 388. The third-order valence-corrected chi connectivity index (χ3v) is 5.67. The molecule has 6 nitrogen and oxygen atoms in total. The molecule has 1 unspecified atom stereocenters. The summed E-state index contributed by atoms with van der Waals surface area (Å²) in [4.78, 5) is 0. The highest BCUT2D eigenvalue weighted by molar-refractivity contribution is 7.86. The second-order valence-corrected chi connectivity index (χ2v) is 7.17. The van der Waals surface area contributed by atoms with E-state index in [9.17, 15) is 8.42 Å². The molecule has 106 valence electrons. The van der Waals surface area contributed by atoms with Gasteiger partial charge in [-0.25, -0.2) is 0 Å². The van der Waals surface area contributed by atoms with E-state index >= 15 is 0 Å². The van der Waals surface area contributed by atoms with Crippen molar-refractivity contribution in [3.05, 3.63) is 0 Å². The molecular weight excluding hydrogens is 252 g/mol. The van der Waals surface area contributed by atoms with E-state index in [1.807, 2.05) is 0 Å². The van der Waals surface area contributed by atoms with Gasteiger partial charge in [-0.2, -0.15) is 17.0 Å². The molecule has 1 atom stereocenters. The van der Waals surface area contributed by atoms with Crippen LogP contribution in [0, 0.1) is 11.3 Å². The van der Waals surface area contributed by atoms with Crippen LogP contribution in [-0.2, 0) is 10.2 Å². The summed E-state index contributed by atoms with van der Waals surface area (Å²) >= 11 is 0. The van der Waals surface area contributed by atoms with Crippen LogP contribution in [0.25, 0.3) is 0 Å². The zero-order valence-electron chi connectivity index (χ0n) is 11.4. The quantitative estimate of drug-likeness (QED) is 0.569. The standard InChI is InChI=1S/C11H24N4O2S/c1-9-4-6-15(7-5-9)18(16,17)14(3)10(2)8-11(12)13/h9-10H,4-8H2,1-3H3,(H3,12,13). The lowest BCUT2D eigenvalue weighted by Gasteiger charge is -2.34. The largest absolute Gasteiger partial charge is 0.388 e. The van der Waals surface area contributed by atoms with Crippen LogP contribution >= 0.6 is 0 Å². The molecule has 1 saturated heterocycles. The predicted octanol–water partition coefficient (Wildman–Crippen LogP) is 0.609. The summed E-state index contributed by atoms with van der Waals surface area (Å²) < 4.78 is 27.6. The van der Waals surface area contributed by atoms with Crippen LogP contribution in [0.4, 0.5) is 0 Å². The number of amidine groups is 1. The van der Waals surface area contributed by atoms with Crippen molar-refractivity contribution in [2.75, 3.05) is 20.1 Å². The zero-order valence-corrected chi connectivity index (χ0v) is 12.2. The second kappa shape index (κ2) is 5.99. The van der Waals surface area contributed by atoms with Gasteiger partial charge in [-0.1, -0.05) is 6.92 Å². The van der Waals surface area contributed by atoms with Crippen LogP contribution in [-0.4, -0.2) is 49.0 Å². The van der Waals surface area contributed by atoms with Crippen molar-refractivity contribution >= 4 is 16.0 Å². The van der Waals surface area contributed by atoms with Crippen LogP contribution in [0.15, 0.2) is 0 Å². The maximum absolute atomic E-state index is 12.4. The lowest BCUT2D eigenvalue weighted by Crippen LogP contribution is -2.48. The molecule has 7 heteroatoms. The predicted molar refractivity (Wildman–Crippen MR) is 72.6 cm³/mol. The average Bonchev–Trinajstić information content (AvgIpc) is 2.27. The zero-order chi connectivity index (χ0) is 13.9. The van der Waals surface area contributed by atoms with Gasteiger partial charge in [0.15, 0.2) is 0 Å². The fraction of sp³-hybridized carbons (Fsp3) is 0.909. The minimum Gasteiger partial charge on any atom is -0.388 e. The monoisotopic (exact) mass is 276 g/mol. The SMILES string of the molecule is CC1CCN(S(=O)(=O)N(C)C(C)CC(=N)N)CC1. The highest BCUT2D eigenvalue weighted by Crippen LogP contribution is 2.21. The number of nitrogens with two attached hydrogens (primary N) is 1. The van der Waals surface area contributed by atoms with Crippen molar-refractivity contribution in [3.63, 3.8) is 0 Å². The van der Waals surface area contributed by atoms with Gasteiger partial charge >= 0.3 is 0 Å². The van der Waals surface area contributed by atoms with Crippen molar-refractivity contribution in [2.24, 2.45) is 11.7 Å². The maximum Gasteiger partial charge on any atom is 0.281 e. The van der Waals surface area contributed by atoms with Gasteiger partial charge in [0, 0.05) is 32.6 Å². The van der Waals surface area contributed by atoms with Crippen molar-refractivity contribution in [1.82, 2.24) is 8.61 Å². The summed E-state index contributed by atoms with van der Waals surface area (Å²) in [5, 5.41) is 7.24. The second-order valence-electron chi connectivity index (χ2n) is 5.18. The Morgan fingerprint density at radius 1 is 1.50 bits per heavy atom. The van der Waals surface area contributed by atoms with E-state index in [0.29, 0.717) is 19.0 Å². The molecule has 1 fully saturated rings. The molecule has 0 aromatic carbocycles. The van der Waals surface area contributed by atoms with Crippen LogP contribution in [0.2, 0.25) is 0 Å². The molecule has 1 heterocycles. The van der Waals surface area contributed by atoms with Gasteiger partial charge < -0.3 is 5.73 Å². The molecular formula is C11H24N4O2S. The molecule has 0 amide bonds. The third-order valence-electron chi connectivity index (χ3n) is 3.57. The summed E-state index contributed by atoms with van der Waals surface area (Å²) in [5.41, 5.74) is 5.32. The van der Waals surface area contributed by atoms with E-state index in [1.54, 1.807) is 14.0 Å². The lowest BCUT2D eigenvalue weighted by molar-refractivity contribution is 0.261. The van der Waals surface area contributed by atoms with Crippen LogP contribution in [0.5, 0.6) is 0 Å². The van der Waals surface area contributed by atoms with Crippen LogP contribution in [0.1, 0.15) is 33.1 Å². The van der Waals surface area contributed by atoms with Crippen molar-refractivity contribution in [2.45, 2.75) is 39.2 Å². The molecule has 1 rings (SSSR count). The first-order valence-electron chi connectivity index (χ1n) is 6.31. The van der Waals surface area contributed by atoms with Crippen molar-refractivity contribution < 1.29 is 8.42 Å². The van der Waals surface area contributed by atoms with E-state index in [4.69, 9.17) is 11.1 Å². The molecule has 0 bridgehead atoms. The fourth-order valence-electron chi connectivity index (χ4n) is 2.07. The van der Waals surface area contributed by atoms with E-state index in [0.717, 1.165) is 12.8 Å². The van der Waals surface area contributed by atoms with Gasteiger partial charge in [0.25, 0.3) is 10.2 Å². The van der Waals surface area contributed by atoms with Gasteiger partial charge in [0.1, 0.15) is 0 Å². The molecule has 18 heavy (non-hydrogen) atoms. The Balaban J connectivity index is 2.70. The number of piperidine rings is 1. The number of nitrogens with one attached hydrogen (secondary N) is 1. The first-order valence-corrected chi connectivity index (χ1v) is 7.70. The summed E-state index contributed by atoms with van der Waals surface area (Å²) in [6.45, 7) is 5.08. The van der Waals surface area contributed by atoms with Crippen LogP contribution in [0.3, 0.4) is 0 Å². The van der Waals surface area contributed by atoms with E-state index in [1.165, 1.54) is 8.61 Å². The van der Waals surface area contributed by atoms with Crippen molar-refractivity contribution in [3.8, 4) is 0 Å². The Morgan fingerprint density at radius 2 is 2.00 bits per heavy atom. The van der Waals surface area contributed by atoms with Crippen molar-refractivity contribution in [1.29, 1.82) is 5.41 Å². The molecule has 0 aliphatic carbocycles. The summed E-state index contributed by atoms with van der Waals surface area (Å²) in [6, 6.07) is -0.285.